The molecule has 2 nitrogen and oxygen atoms in total. The van der Waals surface area contributed by atoms with Crippen molar-refractivity contribution >= 4 is 21.7 Å². The van der Waals surface area contributed by atoms with Crippen molar-refractivity contribution in [3.63, 3.8) is 0 Å². The Morgan fingerprint density at radius 2 is 2.00 bits per heavy atom. The van der Waals surface area contributed by atoms with Crippen molar-refractivity contribution in [2.24, 2.45) is 5.92 Å². The summed E-state index contributed by atoms with van der Waals surface area (Å²) in [5.41, 5.74) is 0.988. The normalized spacial score (nSPS) is 21.2. The van der Waals surface area contributed by atoms with Crippen LogP contribution in [0.25, 0.3) is 0 Å². The van der Waals surface area contributed by atoms with Gasteiger partial charge in [-0.05, 0) is 41.6 Å². The van der Waals surface area contributed by atoms with Crippen molar-refractivity contribution in [3.05, 3.63) is 22.2 Å². The monoisotopic (exact) mass is 328 g/mol. The number of halogens is 1. The van der Waals surface area contributed by atoms with Crippen molar-refractivity contribution in [1.29, 1.82) is 0 Å². The Balaban J connectivity index is 2.42. The molecule has 0 saturated heterocycles. The molecule has 0 radical (unpaired) electrons. The van der Waals surface area contributed by atoms with Gasteiger partial charge in [-0.2, -0.15) is 0 Å². The molecule has 0 amide bonds. The van der Waals surface area contributed by atoms with Crippen LogP contribution in [0, 0.1) is 5.92 Å². The van der Waals surface area contributed by atoms with E-state index in [0.29, 0.717) is 5.92 Å². The minimum atomic E-state index is 0.177. The molecule has 1 atom stereocenters. The molecule has 1 rings (SSSR count). The van der Waals surface area contributed by atoms with Crippen molar-refractivity contribution < 1.29 is 9.90 Å². The Morgan fingerprint density at radius 3 is 2.68 bits per heavy atom. The summed E-state index contributed by atoms with van der Waals surface area (Å²) in [6.07, 6.45) is 12.8. The summed E-state index contributed by atoms with van der Waals surface area (Å²) in [5.74, 6) is 0.496. The molecule has 1 unspecified atom stereocenters. The molecular formula is C16H25BrO2. The van der Waals surface area contributed by atoms with Crippen LogP contribution in [-0.4, -0.2) is 17.5 Å². The van der Waals surface area contributed by atoms with Gasteiger partial charge >= 0.3 is 0 Å². The quantitative estimate of drug-likeness (QED) is 0.499. The Hall–Kier alpha value is -0.410. The van der Waals surface area contributed by atoms with Crippen LogP contribution in [0.2, 0.25) is 0 Å². The molecule has 1 N–H and O–H groups in total. The Labute approximate surface area is 125 Å². The number of hydrogen-bond donors (Lipinski definition) is 1. The van der Waals surface area contributed by atoms with E-state index >= 15 is 0 Å². The van der Waals surface area contributed by atoms with E-state index in [4.69, 9.17) is 5.11 Å². The number of carbonyl (C=O) groups excluding carboxylic acids is 1. The molecule has 0 fully saturated rings. The van der Waals surface area contributed by atoms with E-state index in [-0.39, 0.29) is 12.4 Å². The van der Waals surface area contributed by atoms with Gasteiger partial charge in [-0.1, -0.05) is 44.8 Å². The predicted molar refractivity (Wildman–Crippen MR) is 83.3 cm³/mol. The van der Waals surface area contributed by atoms with Gasteiger partial charge in [0, 0.05) is 18.1 Å². The van der Waals surface area contributed by atoms with Crippen molar-refractivity contribution in [2.75, 3.05) is 6.61 Å². The maximum Gasteiger partial charge on any atom is 0.195 e. The van der Waals surface area contributed by atoms with Crippen LogP contribution in [-0.2, 0) is 4.79 Å². The third kappa shape index (κ3) is 5.62. The number of carbonyl (C=O) groups is 1. The Morgan fingerprint density at radius 1 is 1.26 bits per heavy atom. The summed E-state index contributed by atoms with van der Waals surface area (Å²) in [6, 6.07) is 0. The lowest BCUT2D eigenvalue weighted by molar-refractivity contribution is -0.111. The minimum Gasteiger partial charge on any atom is -0.396 e. The molecule has 0 heterocycles. The molecule has 1 aliphatic rings. The predicted octanol–water partition coefficient (Wildman–Crippen LogP) is 4.52. The summed E-state index contributed by atoms with van der Waals surface area (Å²) in [6.45, 7) is 2.47. The third-order valence-electron chi connectivity index (χ3n) is 3.57. The van der Waals surface area contributed by atoms with Gasteiger partial charge in [-0.25, -0.2) is 0 Å². The summed E-state index contributed by atoms with van der Waals surface area (Å²) in [4.78, 5) is 12.0. The number of ketones is 1. The number of unbranched alkanes of at least 4 members (excludes halogenated alkanes) is 5. The standard InChI is InChI=1S/C16H25BrO2/c1-2-3-9-13-12-15(17)16(19)14(13)10-7-5-4-6-8-11-18/h10,12-13,18H,2-9,11H2,1H3/b14-10-. The average Bonchev–Trinajstić information content (AvgIpc) is 2.67. The molecule has 0 spiro atoms. The summed E-state index contributed by atoms with van der Waals surface area (Å²) < 4.78 is 0.736. The SMILES string of the molecule is CCCCC1C=C(Br)C(=O)/C1=C\CCCCCCO. The molecule has 0 aliphatic heterocycles. The number of rotatable bonds is 9. The van der Waals surface area contributed by atoms with Crippen LogP contribution in [0.4, 0.5) is 0 Å². The van der Waals surface area contributed by atoms with E-state index in [9.17, 15) is 4.79 Å². The molecule has 1 aliphatic carbocycles. The van der Waals surface area contributed by atoms with Gasteiger partial charge < -0.3 is 5.11 Å². The molecule has 0 saturated carbocycles. The fourth-order valence-corrected chi connectivity index (χ4v) is 2.97. The topological polar surface area (TPSA) is 37.3 Å². The Kier molecular flexibility index (Phi) is 8.31. The van der Waals surface area contributed by atoms with Crippen LogP contribution < -0.4 is 0 Å². The Bertz CT molecular complexity index is 345. The van der Waals surface area contributed by atoms with E-state index < -0.39 is 0 Å². The van der Waals surface area contributed by atoms with Crippen LogP contribution in [0.1, 0.15) is 58.3 Å². The first-order valence-corrected chi connectivity index (χ1v) is 8.23. The van der Waals surface area contributed by atoms with E-state index in [1.54, 1.807) is 0 Å². The molecule has 0 bridgehead atoms. The zero-order valence-electron chi connectivity index (χ0n) is 11.8. The molecule has 0 aromatic carbocycles. The lowest BCUT2D eigenvalue weighted by Crippen LogP contribution is -2.03. The zero-order chi connectivity index (χ0) is 14.1. The lowest BCUT2D eigenvalue weighted by atomic mass is 9.95. The molecular weight excluding hydrogens is 304 g/mol. The third-order valence-corrected chi connectivity index (χ3v) is 4.20. The largest absolute Gasteiger partial charge is 0.396 e. The average molecular weight is 329 g/mol. The minimum absolute atomic E-state index is 0.177. The smallest absolute Gasteiger partial charge is 0.195 e. The highest BCUT2D eigenvalue weighted by Gasteiger charge is 2.27. The first-order valence-electron chi connectivity index (χ1n) is 7.43. The van der Waals surface area contributed by atoms with E-state index in [0.717, 1.165) is 48.6 Å². The van der Waals surface area contributed by atoms with Crippen molar-refractivity contribution in [2.45, 2.75) is 58.3 Å². The highest BCUT2D eigenvalue weighted by atomic mass is 79.9. The highest BCUT2D eigenvalue weighted by molar-refractivity contribution is 9.12. The highest BCUT2D eigenvalue weighted by Crippen LogP contribution is 2.33. The van der Waals surface area contributed by atoms with Gasteiger partial charge in [-0.15, -0.1) is 0 Å². The summed E-state index contributed by atoms with van der Waals surface area (Å²) >= 11 is 3.36. The zero-order valence-corrected chi connectivity index (χ0v) is 13.4. The van der Waals surface area contributed by atoms with Gasteiger partial charge in [0.05, 0.1) is 4.48 Å². The van der Waals surface area contributed by atoms with E-state index in [1.165, 1.54) is 12.8 Å². The molecule has 0 aromatic rings. The van der Waals surface area contributed by atoms with Crippen LogP contribution in [0.3, 0.4) is 0 Å². The molecule has 3 heteroatoms. The maximum absolute atomic E-state index is 12.0. The van der Waals surface area contributed by atoms with Crippen molar-refractivity contribution in [1.82, 2.24) is 0 Å². The number of allylic oxidation sites excluding steroid dienone is 4. The number of Topliss-reactive ketones (excluding diaryl/α,β-unsaturated/α-hetero) is 1. The number of aliphatic hydroxyl groups is 1. The second-order valence-electron chi connectivity index (χ2n) is 5.18. The van der Waals surface area contributed by atoms with Gasteiger partial charge in [0.25, 0.3) is 0 Å². The van der Waals surface area contributed by atoms with Gasteiger partial charge in [0.1, 0.15) is 0 Å². The first kappa shape index (κ1) is 16.6. The second kappa shape index (κ2) is 9.49. The van der Waals surface area contributed by atoms with Gasteiger partial charge in [0.15, 0.2) is 5.78 Å². The number of aliphatic hydroxyl groups excluding tert-OH is 1. The molecule has 108 valence electrons. The lowest BCUT2D eigenvalue weighted by Gasteiger charge is -2.09. The van der Waals surface area contributed by atoms with Crippen LogP contribution in [0.15, 0.2) is 22.2 Å². The summed E-state index contributed by atoms with van der Waals surface area (Å²) in [5, 5.41) is 8.71. The maximum atomic E-state index is 12.0. The first-order chi connectivity index (χ1) is 9.20. The van der Waals surface area contributed by atoms with Crippen molar-refractivity contribution in [3.8, 4) is 0 Å². The van der Waals surface area contributed by atoms with Gasteiger partial charge in [0.2, 0.25) is 0 Å². The van der Waals surface area contributed by atoms with Crippen LogP contribution >= 0.6 is 15.9 Å². The molecule has 19 heavy (non-hydrogen) atoms. The van der Waals surface area contributed by atoms with Gasteiger partial charge in [-0.3, -0.25) is 4.79 Å². The van der Waals surface area contributed by atoms with Crippen LogP contribution in [0.5, 0.6) is 0 Å². The number of hydrogen-bond acceptors (Lipinski definition) is 2. The summed E-state index contributed by atoms with van der Waals surface area (Å²) in [7, 11) is 0. The molecule has 0 aromatic heterocycles. The van der Waals surface area contributed by atoms with E-state index in [1.807, 2.05) is 0 Å². The fourth-order valence-electron chi connectivity index (χ4n) is 2.42. The second-order valence-corrected chi connectivity index (χ2v) is 6.03. The van der Waals surface area contributed by atoms with E-state index in [2.05, 4.69) is 35.0 Å². The fraction of sp³-hybridized carbons (Fsp3) is 0.688.